The zero-order valence-corrected chi connectivity index (χ0v) is 15.8. The minimum absolute atomic E-state index is 0.0336. The van der Waals surface area contributed by atoms with Gasteiger partial charge in [0.15, 0.2) is 0 Å². The predicted molar refractivity (Wildman–Crippen MR) is 102 cm³/mol. The molecule has 0 spiro atoms. The highest BCUT2D eigenvalue weighted by Crippen LogP contribution is 2.21. The van der Waals surface area contributed by atoms with Gasteiger partial charge in [-0.05, 0) is 50.2 Å². The Morgan fingerprint density at radius 2 is 2.04 bits per heavy atom. The first-order chi connectivity index (χ1) is 13.0. The molecule has 0 aliphatic carbocycles. The van der Waals surface area contributed by atoms with Crippen molar-refractivity contribution < 1.29 is 22.7 Å². The molecule has 27 heavy (non-hydrogen) atoms. The summed E-state index contributed by atoms with van der Waals surface area (Å²) in [4.78, 5) is 12.5. The number of hydrogen-bond donors (Lipinski definition) is 2. The van der Waals surface area contributed by atoms with Crippen LogP contribution < -0.4 is 14.8 Å². The molecule has 2 aromatic rings. The summed E-state index contributed by atoms with van der Waals surface area (Å²) in [7, 11) is -2.29. The van der Waals surface area contributed by atoms with Gasteiger partial charge >= 0.3 is 0 Å². The zero-order chi connectivity index (χ0) is 19.3. The smallest absolute Gasteiger partial charge is 0.255 e. The Morgan fingerprint density at radius 3 is 2.78 bits per heavy atom. The molecule has 2 aromatic carbocycles. The van der Waals surface area contributed by atoms with Crippen molar-refractivity contribution in [1.82, 2.24) is 4.72 Å². The molecule has 0 unspecified atom stereocenters. The highest BCUT2D eigenvalue weighted by atomic mass is 32.2. The second-order valence-electron chi connectivity index (χ2n) is 6.16. The fourth-order valence-corrected chi connectivity index (χ4v) is 3.53. The number of ether oxygens (including phenoxy) is 2. The molecule has 1 aliphatic rings. The molecule has 2 N–H and O–H groups in total. The van der Waals surface area contributed by atoms with E-state index in [0.29, 0.717) is 18.0 Å². The lowest BCUT2D eigenvalue weighted by Gasteiger charge is -2.13. The van der Waals surface area contributed by atoms with Crippen LogP contribution in [0.1, 0.15) is 23.2 Å². The third kappa shape index (κ3) is 5.06. The zero-order valence-electron chi connectivity index (χ0n) is 15.0. The summed E-state index contributed by atoms with van der Waals surface area (Å²) < 4.78 is 37.3. The molecule has 8 heteroatoms. The van der Waals surface area contributed by atoms with E-state index in [2.05, 4.69) is 10.0 Å². The molecule has 3 rings (SSSR count). The van der Waals surface area contributed by atoms with Crippen molar-refractivity contribution in [3.05, 3.63) is 54.1 Å². The van der Waals surface area contributed by atoms with Crippen molar-refractivity contribution in [1.29, 1.82) is 0 Å². The number of benzene rings is 2. The van der Waals surface area contributed by atoms with Crippen LogP contribution in [0.5, 0.6) is 5.75 Å². The predicted octanol–water partition coefficient (Wildman–Crippen LogP) is 2.40. The van der Waals surface area contributed by atoms with Gasteiger partial charge in [-0.3, -0.25) is 4.79 Å². The number of hydrogen-bond acceptors (Lipinski definition) is 5. The maximum absolute atomic E-state index is 12.5. The third-order valence-corrected chi connectivity index (χ3v) is 5.64. The van der Waals surface area contributed by atoms with E-state index in [1.54, 1.807) is 24.3 Å². The van der Waals surface area contributed by atoms with Crippen LogP contribution in [0.15, 0.2) is 53.4 Å². The lowest BCUT2D eigenvalue weighted by atomic mass is 10.2. The molecule has 1 amide bonds. The summed E-state index contributed by atoms with van der Waals surface area (Å²) in [5.74, 6) is 0.231. The molecule has 144 valence electrons. The minimum Gasteiger partial charge on any atom is -0.491 e. The van der Waals surface area contributed by atoms with Gasteiger partial charge in [0.2, 0.25) is 10.0 Å². The van der Waals surface area contributed by atoms with Crippen LogP contribution in [0.25, 0.3) is 0 Å². The summed E-state index contributed by atoms with van der Waals surface area (Å²) in [5, 5.41) is 2.76. The first-order valence-electron chi connectivity index (χ1n) is 8.67. The van der Waals surface area contributed by atoms with E-state index < -0.39 is 15.9 Å². The van der Waals surface area contributed by atoms with Crippen LogP contribution in [0.3, 0.4) is 0 Å². The lowest BCUT2D eigenvalue weighted by Crippen LogP contribution is -2.19. The van der Waals surface area contributed by atoms with E-state index >= 15 is 0 Å². The van der Waals surface area contributed by atoms with Crippen molar-refractivity contribution in [3.8, 4) is 5.75 Å². The molecule has 1 fully saturated rings. The highest BCUT2D eigenvalue weighted by molar-refractivity contribution is 7.89. The second kappa shape index (κ2) is 8.51. The Balaban J connectivity index is 1.67. The van der Waals surface area contributed by atoms with E-state index in [4.69, 9.17) is 9.47 Å². The number of carbonyl (C=O) groups excluding carboxylic acids is 1. The maximum Gasteiger partial charge on any atom is 0.255 e. The number of anilines is 1. The molecule has 7 nitrogen and oxygen atoms in total. The first-order valence-corrected chi connectivity index (χ1v) is 10.2. The van der Waals surface area contributed by atoms with Gasteiger partial charge in [0.1, 0.15) is 12.4 Å². The molecular formula is C19H22N2O5S. The number of rotatable bonds is 7. The van der Waals surface area contributed by atoms with Gasteiger partial charge in [0.05, 0.1) is 11.0 Å². The van der Waals surface area contributed by atoms with Gasteiger partial charge < -0.3 is 14.8 Å². The Labute approximate surface area is 158 Å². The van der Waals surface area contributed by atoms with Crippen molar-refractivity contribution in [3.63, 3.8) is 0 Å². The summed E-state index contributed by atoms with van der Waals surface area (Å²) >= 11 is 0. The highest BCUT2D eigenvalue weighted by Gasteiger charge is 2.17. The Morgan fingerprint density at radius 1 is 1.22 bits per heavy atom. The number of nitrogens with one attached hydrogen (secondary N) is 2. The number of sulfonamides is 1. The SMILES string of the molecule is CNS(=O)(=O)c1cccc(C(=O)Nc2cccc(OC[C@H]3CCCO3)c2)c1. The minimum atomic E-state index is -3.61. The van der Waals surface area contributed by atoms with Gasteiger partial charge in [0, 0.05) is 23.9 Å². The van der Waals surface area contributed by atoms with Crippen molar-refractivity contribution in [2.45, 2.75) is 23.8 Å². The van der Waals surface area contributed by atoms with Crippen molar-refractivity contribution >= 4 is 21.6 Å². The van der Waals surface area contributed by atoms with Crippen LogP contribution in [0.4, 0.5) is 5.69 Å². The van der Waals surface area contributed by atoms with Gasteiger partial charge in [0.25, 0.3) is 5.91 Å². The van der Waals surface area contributed by atoms with Gasteiger partial charge in [-0.2, -0.15) is 0 Å². The van der Waals surface area contributed by atoms with E-state index in [1.807, 2.05) is 6.07 Å². The van der Waals surface area contributed by atoms with Gasteiger partial charge in [-0.25, -0.2) is 13.1 Å². The van der Waals surface area contributed by atoms with Crippen LogP contribution in [-0.2, 0) is 14.8 Å². The van der Waals surface area contributed by atoms with E-state index in [-0.39, 0.29) is 16.6 Å². The molecule has 1 saturated heterocycles. The van der Waals surface area contributed by atoms with Crippen LogP contribution in [-0.4, -0.2) is 40.7 Å². The molecule has 1 atom stereocenters. The van der Waals surface area contributed by atoms with Crippen LogP contribution >= 0.6 is 0 Å². The molecule has 0 radical (unpaired) electrons. The monoisotopic (exact) mass is 390 g/mol. The topological polar surface area (TPSA) is 93.7 Å². The molecule has 0 bridgehead atoms. The summed E-state index contributed by atoms with van der Waals surface area (Å²) in [6.45, 7) is 1.24. The van der Waals surface area contributed by atoms with Crippen molar-refractivity contribution in [2.24, 2.45) is 0 Å². The van der Waals surface area contributed by atoms with E-state index in [9.17, 15) is 13.2 Å². The van der Waals surface area contributed by atoms with E-state index in [1.165, 1.54) is 25.2 Å². The molecule has 0 aromatic heterocycles. The first kappa shape index (κ1) is 19.3. The number of carbonyl (C=O) groups is 1. The van der Waals surface area contributed by atoms with E-state index in [0.717, 1.165) is 19.4 Å². The summed E-state index contributed by atoms with van der Waals surface area (Å²) in [6, 6.07) is 12.9. The van der Waals surface area contributed by atoms with Gasteiger partial charge in [-0.1, -0.05) is 12.1 Å². The quantitative estimate of drug-likeness (QED) is 0.757. The van der Waals surface area contributed by atoms with Crippen LogP contribution in [0.2, 0.25) is 0 Å². The summed E-state index contributed by atoms with van der Waals surface area (Å²) in [6.07, 6.45) is 2.15. The largest absolute Gasteiger partial charge is 0.491 e. The molecular weight excluding hydrogens is 368 g/mol. The number of amides is 1. The average molecular weight is 390 g/mol. The average Bonchev–Trinajstić information content (AvgIpc) is 3.20. The standard InChI is InChI=1S/C19H22N2O5S/c1-20-27(23,24)18-9-2-5-14(11-18)19(22)21-15-6-3-7-16(12-15)26-13-17-8-4-10-25-17/h2-3,5-7,9,11-12,17,20H,4,8,10,13H2,1H3,(H,21,22)/t17-/m1/s1. The Kier molecular flexibility index (Phi) is 6.10. The fourth-order valence-electron chi connectivity index (χ4n) is 2.75. The van der Waals surface area contributed by atoms with Crippen LogP contribution in [0, 0.1) is 0 Å². The fraction of sp³-hybridized carbons (Fsp3) is 0.316. The lowest BCUT2D eigenvalue weighted by molar-refractivity contribution is 0.0680. The third-order valence-electron chi connectivity index (χ3n) is 4.23. The molecule has 1 heterocycles. The molecule has 1 aliphatic heterocycles. The Bertz CT molecular complexity index is 908. The Hall–Kier alpha value is -2.42. The van der Waals surface area contributed by atoms with Crippen molar-refractivity contribution in [2.75, 3.05) is 25.6 Å². The summed E-state index contributed by atoms with van der Waals surface area (Å²) in [5.41, 5.74) is 0.809. The normalized spacial score (nSPS) is 16.9. The second-order valence-corrected chi connectivity index (χ2v) is 8.05. The van der Waals surface area contributed by atoms with Gasteiger partial charge in [-0.15, -0.1) is 0 Å². The molecule has 0 saturated carbocycles. The maximum atomic E-state index is 12.5.